The molecule has 1 fully saturated rings. The minimum Gasteiger partial charge on any atom is -0.495 e. The number of carbonyl (C=O) groups is 2. The van der Waals surface area contributed by atoms with Gasteiger partial charge >= 0.3 is 5.97 Å². The van der Waals surface area contributed by atoms with E-state index < -0.39 is 41.4 Å². The Labute approximate surface area is 158 Å². The lowest BCUT2D eigenvalue weighted by Crippen LogP contribution is -2.35. The summed E-state index contributed by atoms with van der Waals surface area (Å²) in [5, 5.41) is 12.1. The van der Waals surface area contributed by atoms with Gasteiger partial charge in [0.2, 0.25) is 5.91 Å². The van der Waals surface area contributed by atoms with Crippen LogP contribution in [-0.4, -0.2) is 24.1 Å². The molecule has 2 aromatic rings. The van der Waals surface area contributed by atoms with Crippen LogP contribution in [0.15, 0.2) is 36.4 Å². The number of methoxy groups -OCH3 is 1. The number of rotatable bonds is 6. The van der Waals surface area contributed by atoms with E-state index in [1.54, 1.807) is 0 Å². The number of carboxylic acids is 1. The van der Waals surface area contributed by atoms with E-state index in [4.69, 9.17) is 16.3 Å². The zero-order valence-corrected chi connectivity index (χ0v) is 15.0. The van der Waals surface area contributed by atoms with E-state index >= 15 is 0 Å². The molecular weight excluding hydrogens is 380 g/mol. The van der Waals surface area contributed by atoms with Crippen LogP contribution < -0.4 is 10.1 Å². The van der Waals surface area contributed by atoms with Crippen LogP contribution in [-0.2, 0) is 9.59 Å². The van der Waals surface area contributed by atoms with Crippen LogP contribution in [0.25, 0.3) is 0 Å². The van der Waals surface area contributed by atoms with Gasteiger partial charge < -0.3 is 15.2 Å². The Morgan fingerprint density at radius 1 is 1.26 bits per heavy atom. The largest absolute Gasteiger partial charge is 0.495 e. The van der Waals surface area contributed by atoms with Gasteiger partial charge in [-0.15, -0.1) is 0 Å². The van der Waals surface area contributed by atoms with Crippen molar-refractivity contribution in [2.75, 3.05) is 7.11 Å². The molecule has 0 spiro atoms. The number of aliphatic carboxylic acids is 1. The highest BCUT2D eigenvalue weighted by Crippen LogP contribution is 2.48. The van der Waals surface area contributed by atoms with Crippen molar-refractivity contribution < 1.29 is 28.2 Å². The molecule has 0 aliphatic heterocycles. The molecule has 0 radical (unpaired) electrons. The highest BCUT2D eigenvalue weighted by Gasteiger charge is 2.46. The minimum absolute atomic E-state index is 0.120. The molecule has 3 rings (SSSR count). The van der Waals surface area contributed by atoms with Gasteiger partial charge in [-0.2, -0.15) is 0 Å². The van der Waals surface area contributed by atoms with Gasteiger partial charge in [0.15, 0.2) is 6.04 Å². The van der Waals surface area contributed by atoms with Crippen LogP contribution in [0, 0.1) is 17.6 Å². The summed E-state index contributed by atoms with van der Waals surface area (Å²) in [6.45, 7) is 0. The van der Waals surface area contributed by atoms with E-state index in [1.165, 1.54) is 25.3 Å². The average Bonchev–Trinajstić information content (AvgIpc) is 3.42. The van der Waals surface area contributed by atoms with Crippen LogP contribution in [0.2, 0.25) is 5.02 Å². The summed E-state index contributed by atoms with van der Waals surface area (Å²) in [6.07, 6.45) is 0.321. The summed E-state index contributed by atoms with van der Waals surface area (Å²) < 4.78 is 32.2. The summed E-state index contributed by atoms with van der Waals surface area (Å²) in [5.74, 6) is -3.70. The molecule has 27 heavy (non-hydrogen) atoms. The fourth-order valence-electron chi connectivity index (χ4n) is 3.03. The quantitative estimate of drug-likeness (QED) is 0.782. The van der Waals surface area contributed by atoms with Crippen LogP contribution in [0.5, 0.6) is 5.75 Å². The third-order valence-electron chi connectivity index (χ3n) is 4.53. The molecule has 3 atom stereocenters. The Bertz CT molecular complexity index is 905. The molecular formula is C19H16ClF2NO4. The van der Waals surface area contributed by atoms with Gasteiger partial charge in [-0.05, 0) is 53.8 Å². The van der Waals surface area contributed by atoms with Crippen LogP contribution in [0.1, 0.15) is 29.5 Å². The van der Waals surface area contributed by atoms with E-state index in [1.807, 2.05) is 0 Å². The number of nitrogens with one attached hydrogen (secondary N) is 1. The second-order valence-corrected chi connectivity index (χ2v) is 6.70. The lowest BCUT2D eigenvalue weighted by atomic mass is 10.1. The molecule has 1 aliphatic rings. The zero-order chi connectivity index (χ0) is 19.7. The molecule has 2 N–H and O–H groups in total. The number of halogens is 3. The normalized spacial score (nSPS) is 19.3. The second kappa shape index (κ2) is 7.52. The van der Waals surface area contributed by atoms with Gasteiger partial charge in [-0.1, -0.05) is 17.7 Å². The number of hydrogen-bond acceptors (Lipinski definition) is 3. The second-order valence-electron chi connectivity index (χ2n) is 6.29. The Morgan fingerprint density at radius 2 is 2.00 bits per heavy atom. The molecule has 8 heteroatoms. The standard InChI is InChI=1S/C19H16ClF2NO4/c1-27-16-5-2-9(6-14(16)20)17(19(25)26)23-18(24)13-8-11(13)12-7-10(21)3-4-15(12)22/h2-7,11,13,17H,8H2,1H3,(H,23,24)(H,25,26). The van der Waals surface area contributed by atoms with Crippen molar-refractivity contribution in [1.82, 2.24) is 5.32 Å². The highest BCUT2D eigenvalue weighted by atomic mass is 35.5. The SMILES string of the molecule is COc1ccc(C(NC(=O)C2CC2c2cc(F)ccc2F)C(=O)O)cc1Cl. The van der Waals surface area contributed by atoms with Gasteiger partial charge in [0.25, 0.3) is 0 Å². The third kappa shape index (κ3) is 4.03. The van der Waals surface area contributed by atoms with Crippen molar-refractivity contribution in [3.8, 4) is 5.75 Å². The average molecular weight is 396 g/mol. The maximum absolute atomic E-state index is 13.8. The summed E-state index contributed by atoms with van der Waals surface area (Å²) >= 11 is 6.02. The Hall–Kier alpha value is -2.67. The first-order valence-electron chi connectivity index (χ1n) is 8.13. The Balaban J connectivity index is 1.74. The number of carboxylic acid groups (broad SMARTS) is 1. The fraction of sp³-hybridized carbons (Fsp3) is 0.263. The van der Waals surface area contributed by atoms with Crippen LogP contribution >= 0.6 is 11.6 Å². The van der Waals surface area contributed by atoms with Crippen LogP contribution in [0.3, 0.4) is 0 Å². The molecule has 0 bridgehead atoms. The molecule has 1 saturated carbocycles. The maximum Gasteiger partial charge on any atom is 0.330 e. The highest BCUT2D eigenvalue weighted by molar-refractivity contribution is 6.32. The maximum atomic E-state index is 13.8. The summed E-state index contributed by atoms with van der Waals surface area (Å²) in [5.41, 5.74) is 0.394. The number of amides is 1. The first kappa shape index (κ1) is 19.1. The van der Waals surface area contributed by atoms with Crippen molar-refractivity contribution in [2.45, 2.75) is 18.4 Å². The van der Waals surface area contributed by atoms with Crippen molar-refractivity contribution in [3.63, 3.8) is 0 Å². The molecule has 142 valence electrons. The first-order valence-corrected chi connectivity index (χ1v) is 8.51. The Kier molecular flexibility index (Phi) is 5.32. The molecule has 3 unspecified atom stereocenters. The summed E-state index contributed by atoms with van der Waals surface area (Å²) in [4.78, 5) is 24.0. The zero-order valence-electron chi connectivity index (χ0n) is 14.2. The molecule has 2 aromatic carbocycles. The molecule has 1 aliphatic carbocycles. The minimum atomic E-state index is -1.32. The molecule has 1 amide bonds. The lowest BCUT2D eigenvalue weighted by molar-refractivity contribution is -0.142. The number of ether oxygens (including phenoxy) is 1. The summed E-state index contributed by atoms with van der Waals surface area (Å²) in [7, 11) is 1.43. The molecule has 0 aromatic heterocycles. The summed E-state index contributed by atoms with van der Waals surface area (Å²) in [6, 6.07) is 6.14. The molecule has 0 heterocycles. The van der Waals surface area contributed by atoms with Crippen molar-refractivity contribution in [2.24, 2.45) is 5.92 Å². The van der Waals surface area contributed by atoms with E-state index in [0.29, 0.717) is 12.2 Å². The fourth-order valence-corrected chi connectivity index (χ4v) is 3.29. The Morgan fingerprint density at radius 3 is 2.63 bits per heavy atom. The number of benzene rings is 2. The van der Waals surface area contributed by atoms with Crippen molar-refractivity contribution in [3.05, 3.63) is 64.2 Å². The van der Waals surface area contributed by atoms with Crippen LogP contribution in [0.4, 0.5) is 8.78 Å². The van der Waals surface area contributed by atoms with E-state index in [2.05, 4.69) is 5.32 Å². The molecule has 5 nitrogen and oxygen atoms in total. The number of carbonyl (C=O) groups excluding carboxylic acids is 1. The van der Waals surface area contributed by atoms with E-state index in [9.17, 15) is 23.5 Å². The van der Waals surface area contributed by atoms with Crippen molar-refractivity contribution >= 4 is 23.5 Å². The van der Waals surface area contributed by atoms with Crippen molar-refractivity contribution in [1.29, 1.82) is 0 Å². The number of hydrogen-bond donors (Lipinski definition) is 2. The monoisotopic (exact) mass is 395 g/mol. The van der Waals surface area contributed by atoms with Gasteiger partial charge in [0.05, 0.1) is 12.1 Å². The van der Waals surface area contributed by atoms with Gasteiger partial charge in [0.1, 0.15) is 17.4 Å². The first-order chi connectivity index (χ1) is 12.8. The third-order valence-corrected chi connectivity index (χ3v) is 4.82. The predicted molar refractivity (Wildman–Crippen MR) is 93.7 cm³/mol. The van der Waals surface area contributed by atoms with Gasteiger partial charge in [0, 0.05) is 5.92 Å². The van der Waals surface area contributed by atoms with Gasteiger partial charge in [-0.25, -0.2) is 13.6 Å². The topological polar surface area (TPSA) is 75.6 Å². The lowest BCUT2D eigenvalue weighted by Gasteiger charge is -2.16. The van der Waals surface area contributed by atoms with E-state index in [0.717, 1.165) is 18.2 Å². The molecule has 0 saturated heterocycles. The van der Waals surface area contributed by atoms with E-state index in [-0.39, 0.29) is 16.1 Å². The smallest absolute Gasteiger partial charge is 0.330 e. The predicted octanol–water partition coefficient (Wildman–Crippen LogP) is 3.67. The van der Waals surface area contributed by atoms with Gasteiger partial charge in [-0.3, -0.25) is 4.79 Å².